The third-order valence-electron chi connectivity index (χ3n) is 4.75. The number of thiazole rings is 1. The molecule has 0 saturated carbocycles. The third kappa shape index (κ3) is 3.68. The van der Waals surface area contributed by atoms with Crippen molar-refractivity contribution in [2.75, 3.05) is 7.05 Å². The van der Waals surface area contributed by atoms with Crippen LogP contribution in [0.1, 0.15) is 33.5 Å². The molecule has 0 fully saturated rings. The maximum absolute atomic E-state index is 13.1. The third-order valence-corrected chi connectivity index (χ3v) is 5.77. The number of carbonyl (C=O) groups excluding carboxylic acids is 1. The molecule has 2 aromatic heterocycles. The number of hydrogen-bond acceptors (Lipinski definition) is 4. The van der Waals surface area contributed by atoms with E-state index in [1.54, 1.807) is 22.4 Å². The van der Waals surface area contributed by atoms with Crippen LogP contribution in [0.4, 0.5) is 0 Å². The fourth-order valence-electron chi connectivity index (χ4n) is 3.32. The highest BCUT2D eigenvalue weighted by Crippen LogP contribution is 2.23. The molecule has 0 atom stereocenters. The zero-order valence-corrected chi connectivity index (χ0v) is 16.8. The molecule has 0 aliphatic rings. The summed E-state index contributed by atoms with van der Waals surface area (Å²) < 4.78 is 3.07. The van der Waals surface area contributed by atoms with E-state index in [1.165, 1.54) is 5.56 Å². The zero-order valence-electron chi connectivity index (χ0n) is 16.0. The Hall–Kier alpha value is -2.99. The van der Waals surface area contributed by atoms with E-state index in [1.807, 2.05) is 48.1 Å². The molecule has 6 heteroatoms. The van der Waals surface area contributed by atoms with Gasteiger partial charge in [-0.2, -0.15) is 5.10 Å². The molecule has 4 rings (SSSR count). The van der Waals surface area contributed by atoms with Gasteiger partial charge in [-0.3, -0.25) is 9.48 Å². The smallest absolute Gasteiger partial charge is 0.257 e. The van der Waals surface area contributed by atoms with Gasteiger partial charge in [0.2, 0.25) is 0 Å². The Kier molecular flexibility index (Phi) is 5.21. The molecule has 0 aliphatic heterocycles. The highest BCUT2D eigenvalue weighted by molar-refractivity contribution is 7.18. The van der Waals surface area contributed by atoms with Crippen LogP contribution in [0.2, 0.25) is 0 Å². The first-order valence-corrected chi connectivity index (χ1v) is 10.2. The molecule has 2 heterocycles. The summed E-state index contributed by atoms with van der Waals surface area (Å²) in [6.07, 6.45) is 2.45. The van der Waals surface area contributed by atoms with Crippen molar-refractivity contribution in [1.82, 2.24) is 19.7 Å². The standard InChI is InChI=1S/C22H22N4OS/c1-3-19-17(13-23-26(19)14-16-9-5-4-6-10-16)22(27)25(2)15-21-24-18-11-7-8-12-20(18)28-21/h4-13H,3,14-15H2,1-2H3. The average molecular weight is 391 g/mol. The van der Waals surface area contributed by atoms with Crippen LogP contribution in [-0.4, -0.2) is 32.6 Å². The predicted octanol–water partition coefficient (Wildman–Crippen LogP) is 4.38. The van der Waals surface area contributed by atoms with Crippen molar-refractivity contribution >= 4 is 27.5 Å². The first-order chi connectivity index (χ1) is 13.7. The van der Waals surface area contributed by atoms with Crippen LogP contribution < -0.4 is 0 Å². The molecule has 5 nitrogen and oxygen atoms in total. The number of amides is 1. The summed E-state index contributed by atoms with van der Waals surface area (Å²) in [5.41, 5.74) is 3.78. The van der Waals surface area contributed by atoms with Gasteiger partial charge in [0.25, 0.3) is 5.91 Å². The van der Waals surface area contributed by atoms with E-state index in [2.05, 4.69) is 35.2 Å². The lowest BCUT2D eigenvalue weighted by Gasteiger charge is -2.16. The molecule has 4 aromatic rings. The van der Waals surface area contributed by atoms with Gasteiger partial charge in [-0.15, -0.1) is 11.3 Å². The van der Waals surface area contributed by atoms with Crippen LogP contribution >= 0.6 is 11.3 Å². The van der Waals surface area contributed by atoms with E-state index < -0.39 is 0 Å². The van der Waals surface area contributed by atoms with E-state index in [0.29, 0.717) is 18.7 Å². The van der Waals surface area contributed by atoms with Crippen molar-refractivity contribution in [2.45, 2.75) is 26.4 Å². The molecule has 142 valence electrons. The Morgan fingerprint density at radius 2 is 1.86 bits per heavy atom. The first-order valence-electron chi connectivity index (χ1n) is 9.34. The van der Waals surface area contributed by atoms with Gasteiger partial charge in [0.05, 0.1) is 40.8 Å². The molecule has 0 radical (unpaired) electrons. The average Bonchev–Trinajstić information content (AvgIpc) is 3.31. The van der Waals surface area contributed by atoms with Crippen molar-refractivity contribution in [2.24, 2.45) is 0 Å². The van der Waals surface area contributed by atoms with Gasteiger partial charge in [0, 0.05) is 7.05 Å². The Morgan fingerprint density at radius 1 is 1.11 bits per heavy atom. The fourth-order valence-corrected chi connectivity index (χ4v) is 4.34. The Morgan fingerprint density at radius 3 is 2.61 bits per heavy atom. The molecular weight excluding hydrogens is 368 g/mol. The predicted molar refractivity (Wildman–Crippen MR) is 113 cm³/mol. The van der Waals surface area contributed by atoms with E-state index in [0.717, 1.165) is 27.3 Å². The van der Waals surface area contributed by atoms with Crippen LogP contribution in [0.15, 0.2) is 60.8 Å². The summed E-state index contributed by atoms with van der Waals surface area (Å²) in [4.78, 5) is 19.4. The molecule has 2 aromatic carbocycles. The quantitative estimate of drug-likeness (QED) is 0.491. The molecule has 0 N–H and O–H groups in total. The minimum Gasteiger partial charge on any atom is -0.335 e. The van der Waals surface area contributed by atoms with Crippen molar-refractivity contribution < 1.29 is 4.79 Å². The Labute approximate surface area is 168 Å². The van der Waals surface area contributed by atoms with Crippen molar-refractivity contribution in [3.8, 4) is 0 Å². The van der Waals surface area contributed by atoms with E-state index >= 15 is 0 Å². The van der Waals surface area contributed by atoms with E-state index in [-0.39, 0.29) is 5.91 Å². The molecular formula is C22H22N4OS. The first kappa shape index (κ1) is 18.4. The second-order valence-corrected chi connectivity index (χ2v) is 7.85. The lowest BCUT2D eigenvalue weighted by Crippen LogP contribution is -2.27. The van der Waals surface area contributed by atoms with Crippen molar-refractivity contribution in [1.29, 1.82) is 0 Å². The molecule has 1 amide bonds. The Bertz CT molecular complexity index is 1070. The molecule has 28 heavy (non-hydrogen) atoms. The molecule has 0 spiro atoms. The van der Waals surface area contributed by atoms with Gasteiger partial charge in [-0.05, 0) is 24.1 Å². The number of benzene rings is 2. The zero-order chi connectivity index (χ0) is 19.5. The number of hydrogen-bond donors (Lipinski definition) is 0. The number of carbonyl (C=O) groups is 1. The van der Waals surface area contributed by atoms with E-state index in [9.17, 15) is 4.79 Å². The second-order valence-electron chi connectivity index (χ2n) is 6.74. The highest BCUT2D eigenvalue weighted by Gasteiger charge is 2.20. The van der Waals surface area contributed by atoms with Gasteiger partial charge >= 0.3 is 0 Å². The fraction of sp³-hybridized carbons (Fsp3) is 0.227. The molecule has 0 unspecified atom stereocenters. The minimum absolute atomic E-state index is 0.0181. The van der Waals surface area contributed by atoms with Gasteiger partial charge in [-0.1, -0.05) is 49.4 Å². The monoisotopic (exact) mass is 390 g/mol. The maximum Gasteiger partial charge on any atom is 0.257 e. The van der Waals surface area contributed by atoms with Gasteiger partial charge < -0.3 is 4.90 Å². The van der Waals surface area contributed by atoms with Gasteiger partial charge in [0.1, 0.15) is 5.01 Å². The van der Waals surface area contributed by atoms with Crippen LogP contribution in [0.3, 0.4) is 0 Å². The maximum atomic E-state index is 13.1. The number of para-hydroxylation sites is 1. The summed E-state index contributed by atoms with van der Waals surface area (Å²) >= 11 is 1.63. The molecule has 0 saturated heterocycles. The summed E-state index contributed by atoms with van der Waals surface area (Å²) in [6.45, 7) is 3.22. The summed E-state index contributed by atoms with van der Waals surface area (Å²) in [5.74, 6) is -0.0181. The number of aromatic nitrogens is 3. The number of fused-ring (bicyclic) bond motifs is 1. The molecule has 0 bridgehead atoms. The number of rotatable bonds is 6. The summed E-state index contributed by atoms with van der Waals surface area (Å²) in [7, 11) is 1.82. The Balaban J connectivity index is 1.53. The van der Waals surface area contributed by atoms with Crippen molar-refractivity contribution in [3.05, 3.63) is 82.6 Å². The van der Waals surface area contributed by atoms with Gasteiger partial charge in [0.15, 0.2) is 0 Å². The SMILES string of the molecule is CCc1c(C(=O)N(C)Cc2nc3ccccc3s2)cnn1Cc1ccccc1. The molecule has 0 aliphatic carbocycles. The van der Waals surface area contributed by atoms with Crippen LogP contribution in [0.5, 0.6) is 0 Å². The summed E-state index contributed by atoms with van der Waals surface area (Å²) in [6, 6.07) is 18.2. The topological polar surface area (TPSA) is 51.0 Å². The lowest BCUT2D eigenvalue weighted by molar-refractivity contribution is 0.0784. The normalized spacial score (nSPS) is 11.1. The number of nitrogens with zero attached hydrogens (tertiary/aromatic N) is 4. The second kappa shape index (κ2) is 7.94. The largest absolute Gasteiger partial charge is 0.335 e. The van der Waals surface area contributed by atoms with Crippen molar-refractivity contribution in [3.63, 3.8) is 0 Å². The summed E-state index contributed by atoms with van der Waals surface area (Å²) in [5, 5.41) is 5.42. The van der Waals surface area contributed by atoms with E-state index in [4.69, 9.17) is 0 Å². The van der Waals surface area contributed by atoms with Crippen LogP contribution in [0, 0.1) is 0 Å². The lowest BCUT2D eigenvalue weighted by atomic mass is 10.1. The highest BCUT2D eigenvalue weighted by atomic mass is 32.1. The van der Waals surface area contributed by atoms with Crippen LogP contribution in [-0.2, 0) is 19.5 Å². The van der Waals surface area contributed by atoms with Gasteiger partial charge in [-0.25, -0.2) is 4.98 Å². The van der Waals surface area contributed by atoms with Crippen LogP contribution in [0.25, 0.3) is 10.2 Å². The minimum atomic E-state index is -0.0181.